The summed E-state index contributed by atoms with van der Waals surface area (Å²) in [6.07, 6.45) is 0.951. The Kier molecular flexibility index (Phi) is 7.07. The maximum absolute atomic E-state index is 13.0. The van der Waals surface area contributed by atoms with Crippen molar-refractivity contribution in [1.82, 2.24) is 5.32 Å². The minimum Gasteiger partial charge on any atom is -0.493 e. The fraction of sp³-hybridized carbons (Fsp3) is 0.316. The lowest BCUT2D eigenvalue weighted by molar-refractivity contribution is -0.121. The second-order valence-electron chi connectivity index (χ2n) is 5.35. The van der Waals surface area contributed by atoms with Crippen LogP contribution in [0.2, 0.25) is 0 Å². The lowest BCUT2D eigenvalue weighted by Crippen LogP contribution is -2.28. The van der Waals surface area contributed by atoms with Crippen LogP contribution in [0.25, 0.3) is 0 Å². The summed E-state index contributed by atoms with van der Waals surface area (Å²) >= 11 is 0. The third kappa shape index (κ3) is 5.99. The first-order chi connectivity index (χ1) is 12.1. The molecule has 0 radical (unpaired) electrons. The van der Waals surface area contributed by atoms with Crippen molar-refractivity contribution < 1.29 is 23.4 Å². The Bertz CT molecular complexity index is 706. The molecule has 0 aromatic heterocycles. The molecule has 0 saturated carbocycles. The highest BCUT2D eigenvalue weighted by molar-refractivity contribution is 5.76. The standard InChI is InChI=1S/C19H22FNO4/c1-23-17-8-6-14(12-18(17)24-2)7-9-19(22)21-10-11-25-16-5-3-4-15(20)13-16/h3-6,8,12-13H,7,9-11H2,1-2H3,(H,21,22). The third-order valence-corrected chi connectivity index (χ3v) is 3.58. The lowest BCUT2D eigenvalue weighted by Gasteiger charge is -2.10. The van der Waals surface area contributed by atoms with E-state index in [-0.39, 0.29) is 18.3 Å². The minimum absolute atomic E-state index is 0.0716. The van der Waals surface area contributed by atoms with Gasteiger partial charge in [0, 0.05) is 12.5 Å². The molecule has 2 rings (SSSR count). The van der Waals surface area contributed by atoms with Gasteiger partial charge in [0.25, 0.3) is 0 Å². The highest BCUT2D eigenvalue weighted by atomic mass is 19.1. The summed E-state index contributed by atoms with van der Waals surface area (Å²) < 4.78 is 28.8. The van der Waals surface area contributed by atoms with Crippen molar-refractivity contribution in [2.45, 2.75) is 12.8 Å². The number of rotatable bonds is 9. The minimum atomic E-state index is -0.351. The highest BCUT2D eigenvalue weighted by Gasteiger charge is 2.07. The van der Waals surface area contributed by atoms with Gasteiger partial charge in [-0.3, -0.25) is 4.79 Å². The molecule has 1 N–H and O–H groups in total. The molecule has 0 heterocycles. The van der Waals surface area contributed by atoms with E-state index in [1.807, 2.05) is 18.2 Å². The molecule has 0 aliphatic carbocycles. The number of halogens is 1. The van der Waals surface area contributed by atoms with Crippen molar-refractivity contribution in [2.75, 3.05) is 27.4 Å². The average molecular weight is 347 g/mol. The quantitative estimate of drug-likeness (QED) is 0.709. The van der Waals surface area contributed by atoms with Crippen LogP contribution in [0.3, 0.4) is 0 Å². The van der Waals surface area contributed by atoms with Gasteiger partial charge >= 0.3 is 0 Å². The highest BCUT2D eigenvalue weighted by Crippen LogP contribution is 2.27. The number of aryl methyl sites for hydroxylation is 1. The van der Waals surface area contributed by atoms with Crippen molar-refractivity contribution in [1.29, 1.82) is 0 Å². The molecule has 134 valence electrons. The van der Waals surface area contributed by atoms with Gasteiger partial charge in [0.05, 0.1) is 20.8 Å². The molecule has 0 fully saturated rings. The normalized spacial score (nSPS) is 10.2. The van der Waals surface area contributed by atoms with E-state index in [9.17, 15) is 9.18 Å². The summed E-state index contributed by atoms with van der Waals surface area (Å²) in [6.45, 7) is 0.646. The van der Waals surface area contributed by atoms with Gasteiger partial charge in [-0.2, -0.15) is 0 Å². The maximum atomic E-state index is 13.0. The summed E-state index contributed by atoms with van der Waals surface area (Å²) in [5.41, 5.74) is 0.990. The lowest BCUT2D eigenvalue weighted by atomic mass is 10.1. The molecule has 0 unspecified atom stereocenters. The zero-order chi connectivity index (χ0) is 18.1. The third-order valence-electron chi connectivity index (χ3n) is 3.58. The maximum Gasteiger partial charge on any atom is 0.220 e. The molecule has 6 heteroatoms. The zero-order valence-corrected chi connectivity index (χ0v) is 14.4. The molecule has 1 amide bonds. The van der Waals surface area contributed by atoms with E-state index >= 15 is 0 Å². The summed E-state index contributed by atoms with van der Waals surface area (Å²) in [4.78, 5) is 11.9. The molecule has 0 bridgehead atoms. The molecule has 25 heavy (non-hydrogen) atoms. The Labute approximate surface area is 146 Å². The number of carbonyl (C=O) groups excluding carboxylic acids is 1. The topological polar surface area (TPSA) is 56.8 Å². The summed E-state index contributed by atoms with van der Waals surface area (Å²) in [7, 11) is 3.16. The Morgan fingerprint density at radius 3 is 2.60 bits per heavy atom. The summed E-state index contributed by atoms with van der Waals surface area (Å²) in [5, 5.41) is 2.78. The Morgan fingerprint density at radius 2 is 1.88 bits per heavy atom. The first-order valence-corrected chi connectivity index (χ1v) is 7.98. The number of hydrogen-bond donors (Lipinski definition) is 1. The number of benzene rings is 2. The van der Waals surface area contributed by atoms with Gasteiger partial charge in [-0.15, -0.1) is 0 Å². The van der Waals surface area contributed by atoms with Gasteiger partial charge in [-0.05, 0) is 36.2 Å². The fourth-order valence-corrected chi connectivity index (χ4v) is 2.30. The van der Waals surface area contributed by atoms with E-state index < -0.39 is 0 Å². The molecule has 0 aliphatic rings. The molecule has 0 atom stereocenters. The van der Waals surface area contributed by atoms with E-state index in [4.69, 9.17) is 14.2 Å². The van der Waals surface area contributed by atoms with Crippen molar-refractivity contribution in [2.24, 2.45) is 0 Å². The smallest absolute Gasteiger partial charge is 0.220 e. The van der Waals surface area contributed by atoms with Crippen LogP contribution in [0.1, 0.15) is 12.0 Å². The second kappa shape index (κ2) is 9.52. The van der Waals surface area contributed by atoms with E-state index in [1.165, 1.54) is 12.1 Å². The van der Waals surface area contributed by atoms with Gasteiger partial charge in [0.15, 0.2) is 11.5 Å². The van der Waals surface area contributed by atoms with Gasteiger partial charge in [0.1, 0.15) is 18.2 Å². The Balaban J connectivity index is 1.70. The molecular weight excluding hydrogens is 325 g/mol. The van der Waals surface area contributed by atoms with E-state index in [0.29, 0.717) is 36.6 Å². The van der Waals surface area contributed by atoms with E-state index in [0.717, 1.165) is 5.56 Å². The molecule has 2 aromatic carbocycles. The van der Waals surface area contributed by atoms with E-state index in [2.05, 4.69) is 5.32 Å². The number of hydrogen-bond acceptors (Lipinski definition) is 4. The molecule has 2 aromatic rings. The first kappa shape index (κ1) is 18.6. The summed E-state index contributed by atoms with van der Waals surface area (Å²) in [5.74, 6) is 1.32. The van der Waals surface area contributed by atoms with Gasteiger partial charge in [-0.25, -0.2) is 4.39 Å². The number of nitrogens with one attached hydrogen (secondary N) is 1. The van der Waals surface area contributed by atoms with Crippen molar-refractivity contribution >= 4 is 5.91 Å². The second-order valence-corrected chi connectivity index (χ2v) is 5.35. The van der Waals surface area contributed by atoms with Crippen LogP contribution < -0.4 is 19.5 Å². The monoisotopic (exact) mass is 347 g/mol. The van der Waals surface area contributed by atoms with Crippen LogP contribution in [0.4, 0.5) is 4.39 Å². The van der Waals surface area contributed by atoms with Crippen LogP contribution in [-0.2, 0) is 11.2 Å². The summed E-state index contributed by atoms with van der Waals surface area (Å²) in [6, 6.07) is 11.5. The first-order valence-electron chi connectivity index (χ1n) is 7.98. The Hall–Kier alpha value is -2.76. The predicted molar refractivity (Wildman–Crippen MR) is 92.8 cm³/mol. The van der Waals surface area contributed by atoms with Gasteiger partial charge < -0.3 is 19.5 Å². The predicted octanol–water partition coefficient (Wildman–Crippen LogP) is 2.97. The number of ether oxygens (including phenoxy) is 3. The van der Waals surface area contributed by atoms with Crippen molar-refractivity contribution in [3.63, 3.8) is 0 Å². The van der Waals surface area contributed by atoms with Gasteiger partial charge in [-0.1, -0.05) is 12.1 Å². The van der Waals surface area contributed by atoms with Gasteiger partial charge in [0.2, 0.25) is 5.91 Å². The largest absolute Gasteiger partial charge is 0.493 e. The van der Waals surface area contributed by atoms with Crippen LogP contribution in [0.15, 0.2) is 42.5 Å². The van der Waals surface area contributed by atoms with Crippen LogP contribution in [0.5, 0.6) is 17.2 Å². The van der Waals surface area contributed by atoms with Crippen LogP contribution in [-0.4, -0.2) is 33.3 Å². The van der Waals surface area contributed by atoms with Crippen LogP contribution in [0, 0.1) is 5.82 Å². The molecule has 0 saturated heterocycles. The fourth-order valence-electron chi connectivity index (χ4n) is 2.30. The Morgan fingerprint density at radius 1 is 1.08 bits per heavy atom. The molecular formula is C19H22FNO4. The number of carbonyl (C=O) groups is 1. The van der Waals surface area contributed by atoms with E-state index in [1.54, 1.807) is 26.4 Å². The average Bonchev–Trinajstić information content (AvgIpc) is 2.63. The molecule has 5 nitrogen and oxygen atoms in total. The van der Waals surface area contributed by atoms with Crippen molar-refractivity contribution in [3.05, 3.63) is 53.8 Å². The van der Waals surface area contributed by atoms with Crippen LogP contribution >= 0.6 is 0 Å². The zero-order valence-electron chi connectivity index (χ0n) is 14.4. The number of methoxy groups -OCH3 is 2. The SMILES string of the molecule is COc1ccc(CCC(=O)NCCOc2cccc(F)c2)cc1OC. The number of amides is 1. The molecule has 0 aliphatic heterocycles. The van der Waals surface area contributed by atoms with Crippen molar-refractivity contribution in [3.8, 4) is 17.2 Å². The molecule has 0 spiro atoms.